The molecule has 0 aromatic heterocycles. The van der Waals surface area contributed by atoms with Gasteiger partial charge in [-0.25, -0.2) is 0 Å². The Hall–Kier alpha value is -2.12. The minimum absolute atomic E-state index is 0.0156. The molecular formula is C27H46N2O6. The lowest BCUT2D eigenvalue weighted by Gasteiger charge is -2.54. The van der Waals surface area contributed by atoms with Gasteiger partial charge in [-0.05, 0) is 48.0 Å². The number of hydrogen-bond donors (Lipinski definition) is 0. The van der Waals surface area contributed by atoms with E-state index in [2.05, 4.69) is 0 Å². The molecule has 2 aliphatic heterocycles. The van der Waals surface area contributed by atoms with Gasteiger partial charge in [-0.1, -0.05) is 13.8 Å². The highest BCUT2D eigenvalue weighted by molar-refractivity contribution is 5.76. The molecule has 0 spiro atoms. The van der Waals surface area contributed by atoms with E-state index >= 15 is 0 Å². The molecule has 0 aliphatic carbocycles. The van der Waals surface area contributed by atoms with Crippen LogP contribution in [0, 0.1) is 5.41 Å². The smallest absolute Gasteiger partial charge is 0.306 e. The molecule has 0 radical (unpaired) electrons. The Bertz CT molecular complexity index is 827. The van der Waals surface area contributed by atoms with Gasteiger partial charge in [-0.2, -0.15) is 0 Å². The lowest BCUT2D eigenvalue weighted by Crippen LogP contribution is -2.63. The first-order valence-corrected chi connectivity index (χ1v) is 12.8. The van der Waals surface area contributed by atoms with Crippen LogP contribution in [0.15, 0.2) is 0 Å². The lowest BCUT2D eigenvalue weighted by atomic mass is 9.74. The van der Waals surface area contributed by atoms with Crippen LogP contribution in [-0.4, -0.2) is 68.9 Å². The molecule has 0 saturated carbocycles. The van der Waals surface area contributed by atoms with E-state index in [4.69, 9.17) is 9.47 Å². The third kappa shape index (κ3) is 6.98. The minimum Gasteiger partial charge on any atom is -0.462 e. The number of hydrogen-bond acceptors (Lipinski definition) is 6. The second-order valence-corrected chi connectivity index (χ2v) is 12.9. The second-order valence-electron chi connectivity index (χ2n) is 12.9. The zero-order valence-corrected chi connectivity index (χ0v) is 23.4. The number of ether oxygens (including phenoxy) is 2. The van der Waals surface area contributed by atoms with Crippen LogP contribution in [-0.2, 0) is 28.7 Å². The predicted octanol–water partition coefficient (Wildman–Crippen LogP) is 4.24. The van der Waals surface area contributed by atoms with Gasteiger partial charge in [0.2, 0.25) is 11.8 Å². The normalized spacial score (nSPS) is 25.0. The Morgan fingerprint density at radius 2 is 1.20 bits per heavy atom. The Morgan fingerprint density at radius 3 is 1.66 bits per heavy atom. The summed E-state index contributed by atoms with van der Waals surface area (Å²) >= 11 is 0. The molecule has 0 aromatic carbocycles. The fourth-order valence-corrected chi connectivity index (χ4v) is 6.27. The maximum atomic E-state index is 12.6. The van der Waals surface area contributed by atoms with Crippen molar-refractivity contribution in [3.05, 3.63) is 0 Å². The maximum Gasteiger partial charge on any atom is 0.306 e. The summed E-state index contributed by atoms with van der Waals surface area (Å²) in [5.74, 6) is -0.631. The van der Waals surface area contributed by atoms with E-state index in [0.717, 1.165) is 0 Å². The molecular weight excluding hydrogens is 448 g/mol. The number of carbonyl (C=O) groups is 4. The first kappa shape index (κ1) is 29.1. The third-order valence-electron chi connectivity index (χ3n) is 7.55. The number of nitrogens with zero attached hydrogens (tertiary/aromatic N) is 2. The van der Waals surface area contributed by atoms with Crippen molar-refractivity contribution < 1.29 is 28.7 Å². The van der Waals surface area contributed by atoms with E-state index in [1.165, 1.54) is 0 Å². The number of amides is 2. The number of carbonyl (C=O) groups excluding carboxylic acids is 4. The van der Waals surface area contributed by atoms with Crippen molar-refractivity contribution in [2.75, 3.05) is 6.54 Å². The maximum absolute atomic E-state index is 12.6. The second kappa shape index (κ2) is 10.1. The molecule has 0 bridgehead atoms. The molecule has 2 heterocycles. The number of likely N-dealkylation sites (tertiary alicyclic amines) is 2. The van der Waals surface area contributed by atoms with Gasteiger partial charge in [0.25, 0.3) is 0 Å². The van der Waals surface area contributed by atoms with Crippen LogP contribution in [0.3, 0.4) is 0 Å². The Labute approximate surface area is 211 Å². The van der Waals surface area contributed by atoms with Gasteiger partial charge < -0.3 is 19.3 Å². The highest BCUT2D eigenvalue weighted by Gasteiger charge is 2.49. The van der Waals surface area contributed by atoms with E-state index < -0.39 is 16.6 Å². The molecule has 2 fully saturated rings. The van der Waals surface area contributed by atoms with Crippen LogP contribution < -0.4 is 0 Å². The van der Waals surface area contributed by atoms with E-state index in [-0.39, 0.29) is 54.2 Å². The van der Waals surface area contributed by atoms with Crippen molar-refractivity contribution >= 4 is 23.8 Å². The lowest BCUT2D eigenvalue weighted by molar-refractivity contribution is -0.170. The molecule has 8 heteroatoms. The molecule has 0 N–H and O–H groups in total. The first-order chi connectivity index (χ1) is 15.8. The van der Waals surface area contributed by atoms with Crippen molar-refractivity contribution in [1.29, 1.82) is 0 Å². The van der Waals surface area contributed by atoms with E-state index in [1.54, 1.807) is 13.8 Å². The van der Waals surface area contributed by atoms with E-state index in [9.17, 15) is 19.2 Å². The number of piperidine rings is 2. The van der Waals surface area contributed by atoms with Crippen molar-refractivity contribution in [3.8, 4) is 0 Å². The third-order valence-corrected chi connectivity index (χ3v) is 7.55. The van der Waals surface area contributed by atoms with Gasteiger partial charge in [0.1, 0.15) is 12.2 Å². The summed E-state index contributed by atoms with van der Waals surface area (Å²) in [5, 5.41) is 0. The van der Waals surface area contributed by atoms with Crippen molar-refractivity contribution in [3.63, 3.8) is 0 Å². The van der Waals surface area contributed by atoms with Crippen LogP contribution in [0.2, 0.25) is 0 Å². The molecule has 0 aromatic rings. The minimum atomic E-state index is -0.416. The Kier molecular flexibility index (Phi) is 8.40. The fourth-order valence-electron chi connectivity index (χ4n) is 6.27. The van der Waals surface area contributed by atoms with Gasteiger partial charge in [-0.3, -0.25) is 19.2 Å². The average molecular weight is 495 g/mol. The van der Waals surface area contributed by atoms with Crippen LogP contribution in [0.4, 0.5) is 0 Å². The molecule has 2 rings (SSSR count). The zero-order chi connectivity index (χ0) is 27.0. The Balaban J connectivity index is 1.85. The molecule has 200 valence electrons. The molecule has 2 saturated heterocycles. The van der Waals surface area contributed by atoms with Gasteiger partial charge in [-0.15, -0.1) is 0 Å². The van der Waals surface area contributed by atoms with Crippen molar-refractivity contribution in [2.24, 2.45) is 5.41 Å². The molecule has 35 heavy (non-hydrogen) atoms. The summed E-state index contributed by atoms with van der Waals surface area (Å²) in [6, 6.07) is 0. The summed E-state index contributed by atoms with van der Waals surface area (Å²) < 4.78 is 11.6. The van der Waals surface area contributed by atoms with Gasteiger partial charge in [0.05, 0.1) is 0 Å². The van der Waals surface area contributed by atoms with Crippen molar-refractivity contribution in [1.82, 2.24) is 9.80 Å². The van der Waals surface area contributed by atoms with Gasteiger partial charge in [0, 0.05) is 74.5 Å². The quantitative estimate of drug-likeness (QED) is 0.513. The molecule has 1 atom stereocenters. The highest BCUT2D eigenvalue weighted by atomic mass is 16.5. The molecule has 1 unspecified atom stereocenters. The topological polar surface area (TPSA) is 93.2 Å². The molecule has 2 amide bonds. The summed E-state index contributed by atoms with van der Waals surface area (Å²) in [5.41, 5.74) is -1.58. The summed E-state index contributed by atoms with van der Waals surface area (Å²) in [4.78, 5) is 53.1. The average Bonchev–Trinajstić information content (AvgIpc) is 2.61. The fraction of sp³-hybridized carbons (Fsp3) is 0.852. The molecule has 8 nitrogen and oxygen atoms in total. The summed E-state index contributed by atoms with van der Waals surface area (Å²) in [7, 11) is 0. The zero-order valence-electron chi connectivity index (χ0n) is 23.4. The standard InChI is InChI=1S/C27H46N2O6/c1-18(30)28-17-24(3,4)21(16-25(28,5)6)35-23(33)13-11-12-22(32)34-20-14-26(7,8)29(19(2)31)27(9,10)15-20/h20-21H,11-17H2,1-10H3. The SMILES string of the molecule is CC(=O)N1CC(C)(C)C(OC(=O)CCCC(=O)OC2CC(C)(C)N(C(C)=O)C(C)(C)C2)CC1(C)C. The highest BCUT2D eigenvalue weighted by Crippen LogP contribution is 2.41. The van der Waals surface area contributed by atoms with E-state index in [0.29, 0.717) is 32.2 Å². The van der Waals surface area contributed by atoms with Crippen LogP contribution in [0.5, 0.6) is 0 Å². The van der Waals surface area contributed by atoms with E-state index in [1.807, 2.05) is 65.2 Å². The predicted molar refractivity (Wildman–Crippen MR) is 133 cm³/mol. The molecule has 2 aliphatic rings. The van der Waals surface area contributed by atoms with Crippen molar-refractivity contribution in [2.45, 2.75) is 137 Å². The Morgan fingerprint density at radius 1 is 0.714 bits per heavy atom. The van der Waals surface area contributed by atoms with Crippen LogP contribution >= 0.6 is 0 Å². The summed E-state index contributed by atoms with van der Waals surface area (Å²) in [6.07, 6.45) is 1.78. The largest absolute Gasteiger partial charge is 0.462 e. The summed E-state index contributed by atoms with van der Waals surface area (Å²) in [6.45, 7) is 19.6. The monoisotopic (exact) mass is 494 g/mol. The van der Waals surface area contributed by atoms with Gasteiger partial charge in [0.15, 0.2) is 0 Å². The van der Waals surface area contributed by atoms with Crippen LogP contribution in [0.25, 0.3) is 0 Å². The first-order valence-electron chi connectivity index (χ1n) is 12.8. The van der Waals surface area contributed by atoms with Crippen LogP contribution in [0.1, 0.15) is 108 Å². The van der Waals surface area contributed by atoms with Gasteiger partial charge >= 0.3 is 11.9 Å². The number of rotatable bonds is 6. The number of esters is 2.